The maximum Gasteiger partial charge on any atom is 0.707 e. The molecule has 0 spiro atoms. The van der Waals surface area contributed by atoms with Crippen LogP contribution in [-0.4, -0.2) is 22.4 Å². The number of hydrogen-bond acceptors (Lipinski definition) is 3. The van der Waals surface area contributed by atoms with Crippen LogP contribution < -0.4 is 4.65 Å². The molecule has 0 atom stereocenters. The molecule has 0 amide bonds. The van der Waals surface area contributed by atoms with Crippen molar-refractivity contribution in [2.45, 2.75) is 0 Å². The zero-order chi connectivity index (χ0) is 9.26. The minimum atomic E-state index is -1.78. The predicted molar refractivity (Wildman–Crippen MR) is 49.1 cm³/mol. The number of hydrogen-bond donors (Lipinski definition) is 3. The summed E-state index contributed by atoms with van der Waals surface area (Å²) in [6, 6.07) is 7.14. The van der Waals surface area contributed by atoms with Crippen molar-refractivity contribution in [1.82, 2.24) is 4.98 Å². The van der Waals surface area contributed by atoms with Gasteiger partial charge in [0.2, 0.25) is 0 Å². The molecule has 0 bridgehead atoms. The van der Waals surface area contributed by atoms with E-state index >= 15 is 0 Å². The summed E-state index contributed by atoms with van der Waals surface area (Å²) in [7, 11) is -1.78. The molecule has 0 aliphatic heterocycles. The van der Waals surface area contributed by atoms with Crippen LogP contribution in [0.5, 0.6) is 5.75 Å². The van der Waals surface area contributed by atoms with Gasteiger partial charge in [0.15, 0.2) is 0 Å². The van der Waals surface area contributed by atoms with Gasteiger partial charge in [-0.15, -0.1) is 0 Å². The lowest BCUT2D eigenvalue weighted by Crippen LogP contribution is -2.20. The molecular weight excluding hydrogens is 169 g/mol. The van der Waals surface area contributed by atoms with Crippen LogP contribution >= 0.6 is 0 Å². The molecule has 0 aliphatic rings. The summed E-state index contributed by atoms with van der Waals surface area (Å²) in [6.07, 6.45) is 1.77. The quantitative estimate of drug-likeness (QED) is 0.585. The highest BCUT2D eigenvalue weighted by atomic mass is 16.6. The SMILES string of the molecule is OB(O)Oc1cccc2[nH]ccc12. The molecule has 2 rings (SSSR count). The van der Waals surface area contributed by atoms with Crippen molar-refractivity contribution in [3.8, 4) is 5.75 Å². The summed E-state index contributed by atoms with van der Waals surface area (Å²) in [6.45, 7) is 0. The Morgan fingerprint density at radius 2 is 2.08 bits per heavy atom. The van der Waals surface area contributed by atoms with Crippen LogP contribution in [0.3, 0.4) is 0 Å². The first-order chi connectivity index (χ1) is 6.27. The van der Waals surface area contributed by atoms with Gasteiger partial charge < -0.3 is 19.7 Å². The fourth-order valence-electron chi connectivity index (χ4n) is 1.27. The fraction of sp³-hybridized carbons (Fsp3) is 0. The van der Waals surface area contributed by atoms with Crippen molar-refractivity contribution in [3.05, 3.63) is 30.5 Å². The first kappa shape index (κ1) is 8.16. The van der Waals surface area contributed by atoms with Crippen LogP contribution in [0.2, 0.25) is 0 Å². The van der Waals surface area contributed by atoms with Crippen LogP contribution in [0, 0.1) is 0 Å². The summed E-state index contributed by atoms with van der Waals surface area (Å²) in [5.74, 6) is 0.453. The maximum absolute atomic E-state index is 8.63. The molecule has 0 aliphatic carbocycles. The number of rotatable bonds is 2. The molecule has 1 aromatic heterocycles. The number of aromatic amines is 1. The van der Waals surface area contributed by atoms with E-state index in [0.717, 1.165) is 10.9 Å². The second kappa shape index (κ2) is 3.12. The van der Waals surface area contributed by atoms with Gasteiger partial charge in [-0.1, -0.05) is 6.07 Å². The van der Waals surface area contributed by atoms with E-state index in [-0.39, 0.29) is 0 Å². The Labute approximate surface area is 75.0 Å². The van der Waals surface area contributed by atoms with Crippen LogP contribution in [-0.2, 0) is 0 Å². The Morgan fingerprint density at radius 1 is 1.23 bits per heavy atom. The second-order valence-corrected chi connectivity index (χ2v) is 2.64. The smallest absolute Gasteiger partial charge is 0.511 e. The van der Waals surface area contributed by atoms with Crippen molar-refractivity contribution in [1.29, 1.82) is 0 Å². The van der Waals surface area contributed by atoms with Crippen molar-refractivity contribution >= 4 is 18.2 Å². The summed E-state index contributed by atoms with van der Waals surface area (Å²) >= 11 is 0. The summed E-state index contributed by atoms with van der Waals surface area (Å²) in [5, 5.41) is 18.1. The second-order valence-electron chi connectivity index (χ2n) is 2.64. The van der Waals surface area contributed by atoms with Gasteiger partial charge in [0, 0.05) is 17.1 Å². The lowest BCUT2D eigenvalue weighted by Gasteiger charge is -2.04. The average Bonchev–Trinajstić information content (AvgIpc) is 2.51. The van der Waals surface area contributed by atoms with E-state index in [0.29, 0.717) is 5.75 Å². The molecule has 0 radical (unpaired) electrons. The third kappa shape index (κ3) is 1.51. The Balaban J connectivity index is 2.48. The minimum absolute atomic E-state index is 0.453. The van der Waals surface area contributed by atoms with E-state index in [2.05, 4.69) is 4.98 Å². The topological polar surface area (TPSA) is 65.5 Å². The van der Waals surface area contributed by atoms with E-state index in [1.54, 1.807) is 18.3 Å². The van der Waals surface area contributed by atoms with E-state index in [9.17, 15) is 0 Å². The number of H-pyrrole nitrogens is 1. The Kier molecular flexibility index (Phi) is 1.96. The van der Waals surface area contributed by atoms with Gasteiger partial charge in [-0.2, -0.15) is 0 Å². The fourth-order valence-corrected chi connectivity index (χ4v) is 1.27. The highest BCUT2D eigenvalue weighted by Crippen LogP contribution is 2.24. The molecule has 13 heavy (non-hydrogen) atoms. The monoisotopic (exact) mass is 177 g/mol. The normalized spacial score (nSPS) is 10.3. The highest BCUT2D eigenvalue weighted by molar-refractivity contribution is 6.34. The third-order valence-electron chi connectivity index (χ3n) is 1.79. The first-order valence-electron chi connectivity index (χ1n) is 3.86. The molecule has 1 heterocycles. The van der Waals surface area contributed by atoms with Gasteiger partial charge in [0.25, 0.3) is 0 Å². The first-order valence-corrected chi connectivity index (χ1v) is 3.86. The minimum Gasteiger partial charge on any atom is -0.511 e. The van der Waals surface area contributed by atoms with Crippen LogP contribution in [0.1, 0.15) is 0 Å². The zero-order valence-corrected chi connectivity index (χ0v) is 6.77. The molecule has 0 saturated carbocycles. The van der Waals surface area contributed by atoms with Crippen molar-refractivity contribution in [2.24, 2.45) is 0 Å². The number of fused-ring (bicyclic) bond motifs is 1. The zero-order valence-electron chi connectivity index (χ0n) is 6.77. The van der Waals surface area contributed by atoms with Crippen molar-refractivity contribution in [3.63, 3.8) is 0 Å². The Bertz CT molecular complexity index is 412. The van der Waals surface area contributed by atoms with E-state index in [1.165, 1.54) is 0 Å². The van der Waals surface area contributed by atoms with Crippen LogP contribution in [0.25, 0.3) is 10.9 Å². The molecule has 3 N–H and O–H groups in total. The van der Waals surface area contributed by atoms with E-state index in [4.69, 9.17) is 14.7 Å². The van der Waals surface area contributed by atoms with Crippen molar-refractivity contribution < 1.29 is 14.7 Å². The van der Waals surface area contributed by atoms with Gasteiger partial charge in [0.05, 0.1) is 0 Å². The predicted octanol–water partition coefficient (Wildman–Crippen LogP) is 0.516. The number of benzene rings is 1. The molecule has 0 fully saturated rings. The lowest BCUT2D eigenvalue weighted by atomic mass is 10.2. The van der Waals surface area contributed by atoms with Crippen LogP contribution in [0.4, 0.5) is 0 Å². The Morgan fingerprint density at radius 3 is 2.85 bits per heavy atom. The van der Waals surface area contributed by atoms with Crippen LogP contribution in [0.15, 0.2) is 30.5 Å². The number of nitrogens with one attached hydrogen (secondary N) is 1. The number of aromatic nitrogens is 1. The van der Waals surface area contributed by atoms with E-state index < -0.39 is 7.32 Å². The van der Waals surface area contributed by atoms with Gasteiger partial charge in [-0.3, -0.25) is 0 Å². The molecule has 0 saturated heterocycles. The third-order valence-corrected chi connectivity index (χ3v) is 1.79. The molecule has 0 unspecified atom stereocenters. The molecule has 2 aromatic rings. The molecule has 66 valence electrons. The van der Waals surface area contributed by atoms with Gasteiger partial charge in [-0.25, -0.2) is 0 Å². The Hall–Kier alpha value is -1.46. The molecule has 1 aromatic carbocycles. The average molecular weight is 177 g/mol. The lowest BCUT2D eigenvalue weighted by molar-refractivity contribution is 0.289. The molecular formula is C8H8BNO3. The van der Waals surface area contributed by atoms with Gasteiger partial charge >= 0.3 is 7.32 Å². The summed E-state index contributed by atoms with van der Waals surface area (Å²) in [5.41, 5.74) is 0.901. The highest BCUT2D eigenvalue weighted by Gasteiger charge is 2.13. The van der Waals surface area contributed by atoms with Gasteiger partial charge in [-0.05, 0) is 18.2 Å². The summed E-state index contributed by atoms with van der Waals surface area (Å²) < 4.78 is 4.78. The maximum atomic E-state index is 8.63. The van der Waals surface area contributed by atoms with Crippen molar-refractivity contribution in [2.75, 3.05) is 0 Å². The largest absolute Gasteiger partial charge is 0.707 e. The molecule has 5 heteroatoms. The standard InChI is InChI=1S/C8H8BNO3/c11-9(12)13-8-3-1-2-7-6(8)4-5-10-7/h1-5,10-12H. The van der Waals surface area contributed by atoms with E-state index in [1.807, 2.05) is 12.1 Å². The van der Waals surface area contributed by atoms with Gasteiger partial charge in [0.1, 0.15) is 5.75 Å². The molecule has 4 nitrogen and oxygen atoms in total. The summed E-state index contributed by atoms with van der Waals surface area (Å²) in [4.78, 5) is 2.99.